The van der Waals surface area contributed by atoms with Crippen LogP contribution < -0.4 is 10.6 Å². The molecule has 6 heteroatoms. The first-order chi connectivity index (χ1) is 13.2. The maximum atomic E-state index is 5.55. The van der Waals surface area contributed by atoms with E-state index in [2.05, 4.69) is 67.1 Å². The van der Waals surface area contributed by atoms with E-state index in [0.717, 1.165) is 34.0 Å². The number of methoxy groups -OCH3 is 1. The molecule has 1 aromatic heterocycles. The zero-order valence-electron chi connectivity index (χ0n) is 15.5. The fraction of sp³-hybridized carbons (Fsp3) is 0.381. The molecule has 0 bridgehead atoms. The summed E-state index contributed by atoms with van der Waals surface area (Å²) in [7, 11) is 1.82. The average molecular weight is 429 g/mol. The third-order valence-electron chi connectivity index (χ3n) is 5.26. The van der Waals surface area contributed by atoms with Crippen molar-refractivity contribution < 1.29 is 4.74 Å². The topological polar surface area (TPSA) is 62.0 Å². The molecule has 1 heterocycles. The number of rotatable bonds is 6. The molecule has 3 N–H and O–H groups in total. The SMILES string of the molecule is COC1CCCC(Nc2cccc(CNc3cc(Br)cc4[nH]ncc34)c2)C1. The van der Waals surface area contributed by atoms with E-state index in [1.165, 1.54) is 30.5 Å². The summed E-state index contributed by atoms with van der Waals surface area (Å²) in [6.45, 7) is 0.762. The second kappa shape index (κ2) is 8.31. The van der Waals surface area contributed by atoms with E-state index in [9.17, 15) is 0 Å². The Labute approximate surface area is 168 Å². The van der Waals surface area contributed by atoms with E-state index >= 15 is 0 Å². The first-order valence-corrected chi connectivity index (χ1v) is 10.3. The van der Waals surface area contributed by atoms with Gasteiger partial charge in [-0.3, -0.25) is 5.10 Å². The number of ether oxygens (including phenoxy) is 1. The van der Waals surface area contributed by atoms with Crippen LogP contribution in [0.4, 0.5) is 11.4 Å². The van der Waals surface area contributed by atoms with Crippen molar-refractivity contribution in [1.29, 1.82) is 0 Å². The maximum Gasteiger partial charge on any atom is 0.0682 e. The fourth-order valence-electron chi connectivity index (χ4n) is 3.86. The van der Waals surface area contributed by atoms with E-state index in [1.54, 1.807) is 0 Å². The Morgan fingerprint density at radius 2 is 2.19 bits per heavy atom. The molecule has 0 spiro atoms. The highest BCUT2D eigenvalue weighted by atomic mass is 79.9. The highest BCUT2D eigenvalue weighted by Gasteiger charge is 2.21. The molecule has 1 fully saturated rings. The molecule has 0 radical (unpaired) electrons. The van der Waals surface area contributed by atoms with Gasteiger partial charge in [-0.15, -0.1) is 0 Å². The third kappa shape index (κ3) is 4.45. The first-order valence-electron chi connectivity index (χ1n) is 9.46. The van der Waals surface area contributed by atoms with Gasteiger partial charge in [0.25, 0.3) is 0 Å². The van der Waals surface area contributed by atoms with Crippen molar-refractivity contribution in [3.8, 4) is 0 Å². The lowest BCUT2D eigenvalue weighted by molar-refractivity contribution is 0.0669. The Morgan fingerprint density at radius 1 is 1.26 bits per heavy atom. The molecule has 142 valence electrons. The number of hydrogen-bond acceptors (Lipinski definition) is 4. The van der Waals surface area contributed by atoms with Crippen molar-refractivity contribution in [2.75, 3.05) is 17.7 Å². The smallest absolute Gasteiger partial charge is 0.0682 e. The Morgan fingerprint density at radius 3 is 3.07 bits per heavy atom. The largest absolute Gasteiger partial charge is 0.382 e. The van der Waals surface area contributed by atoms with Crippen molar-refractivity contribution >= 4 is 38.2 Å². The Kier molecular flexibility index (Phi) is 5.64. The maximum absolute atomic E-state index is 5.55. The Hall–Kier alpha value is -2.05. The molecule has 0 aliphatic heterocycles. The van der Waals surface area contributed by atoms with Crippen LogP contribution in [0.2, 0.25) is 0 Å². The number of nitrogens with zero attached hydrogens (tertiary/aromatic N) is 1. The number of hydrogen-bond donors (Lipinski definition) is 3. The molecule has 2 atom stereocenters. The fourth-order valence-corrected chi connectivity index (χ4v) is 4.31. The predicted molar refractivity (Wildman–Crippen MR) is 114 cm³/mol. The number of halogens is 1. The van der Waals surface area contributed by atoms with Crippen LogP contribution in [0.25, 0.3) is 10.9 Å². The minimum Gasteiger partial charge on any atom is -0.382 e. The molecule has 1 aliphatic rings. The highest BCUT2D eigenvalue weighted by Crippen LogP contribution is 2.28. The van der Waals surface area contributed by atoms with Crippen molar-refractivity contribution in [2.24, 2.45) is 0 Å². The number of fused-ring (bicyclic) bond motifs is 1. The van der Waals surface area contributed by atoms with Gasteiger partial charge in [-0.05, 0) is 55.5 Å². The van der Waals surface area contributed by atoms with Crippen LogP contribution in [-0.2, 0) is 11.3 Å². The molecule has 1 saturated carbocycles. The molecule has 1 aliphatic carbocycles. The van der Waals surface area contributed by atoms with Crippen LogP contribution in [0.15, 0.2) is 47.1 Å². The van der Waals surface area contributed by atoms with Crippen LogP contribution in [0.1, 0.15) is 31.2 Å². The Balaban J connectivity index is 1.42. The van der Waals surface area contributed by atoms with Gasteiger partial charge in [0.2, 0.25) is 0 Å². The van der Waals surface area contributed by atoms with Crippen LogP contribution in [0.5, 0.6) is 0 Å². The van der Waals surface area contributed by atoms with Crippen molar-refractivity contribution in [1.82, 2.24) is 10.2 Å². The van der Waals surface area contributed by atoms with Crippen molar-refractivity contribution in [3.63, 3.8) is 0 Å². The second-order valence-electron chi connectivity index (χ2n) is 7.20. The van der Waals surface area contributed by atoms with E-state index < -0.39 is 0 Å². The zero-order chi connectivity index (χ0) is 18.6. The standard InChI is InChI=1S/C21H25BrN4O/c1-27-18-7-3-6-17(11-18)25-16-5-2-4-14(8-16)12-23-20-9-15(22)10-21-19(20)13-24-26-21/h2,4-5,8-10,13,17-18,23,25H,3,6-7,11-12H2,1H3,(H,24,26). The minimum absolute atomic E-state index is 0.384. The van der Waals surface area contributed by atoms with Gasteiger partial charge < -0.3 is 15.4 Å². The molecule has 5 nitrogen and oxygen atoms in total. The molecule has 2 aromatic carbocycles. The second-order valence-corrected chi connectivity index (χ2v) is 8.12. The normalized spacial score (nSPS) is 19.9. The number of aromatic amines is 1. The van der Waals surface area contributed by atoms with Gasteiger partial charge in [0, 0.05) is 40.9 Å². The monoisotopic (exact) mass is 428 g/mol. The number of nitrogens with one attached hydrogen (secondary N) is 3. The van der Waals surface area contributed by atoms with Gasteiger partial charge in [-0.1, -0.05) is 28.1 Å². The van der Waals surface area contributed by atoms with Gasteiger partial charge in [0.15, 0.2) is 0 Å². The van der Waals surface area contributed by atoms with E-state index in [1.807, 2.05) is 19.4 Å². The highest BCUT2D eigenvalue weighted by molar-refractivity contribution is 9.10. The lowest BCUT2D eigenvalue weighted by Crippen LogP contribution is -2.31. The van der Waals surface area contributed by atoms with Gasteiger partial charge >= 0.3 is 0 Å². The lowest BCUT2D eigenvalue weighted by Gasteiger charge is -2.29. The summed E-state index contributed by atoms with van der Waals surface area (Å²) in [5.41, 5.74) is 4.52. The lowest BCUT2D eigenvalue weighted by atomic mass is 9.92. The molecule has 27 heavy (non-hydrogen) atoms. The number of anilines is 2. The first kappa shape index (κ1) is 18.3. The van der Waals surface area contributed by atoms with Crippen LogP contribution in [0, 0.1) is 0 Å². The number of H-pyrrole nitrogens is 1. The quantitative estimate of drug-likeness (QED) is 0.497. The van der Waals surface area contributed by atoms with E-state index in [4.69, 9.17) is 4.74 Å². The summed E-state index contributed by atoms with van der Waals surface area (Å²) in [6, 6.07) is 13.3. The zero-order valence-corrected chi connectivity index (χ0v) is 17.1. The third-order valence-corrected chi connectivity index (χ3v) is 5.72. The summed E-state index contributed by atoms with van der Waals surface area (Å²) in [4.78, 5) is 0. The molecular weight excluding hydrogens is 404 g/mol. The predicted octanol–water partition coefficient (Wildman–Crippen LogP) is 5.31. The van der Waals surface area contributed by atoms with Crippen molar-refractivity contribution in [3.05, 3.63) is 52.6 Å². The molecular formula is C21H25BrN4O. The summed E-state index contributed by atoms with van der Waals surface area (Å²) in [5, 5.41) is 15.5. The van der Waals surface area contributed by atoms with Crippen LogP contribution >= 0.6 is 15.9 Å². The molecule has 4 rings (SSSR count). The van der Waals surface area contributed by atoms with E-state index in [0.29, 0.717) is 12.1 Å². The molecule has 0 amide bonds. The summed E-state index contributed by atoms with van der Waals surface area (Å²) < 4.78 is 6.58. The van der Waals surface area contributed by atoms with Gasteiger partial charge in [-0.25, -0.2) is 0 Å². The average Bonchev–Trinajstić information content (AvgIpc) is 3.15. The minimum atomic E-state index is 0.384. The molecule has 2 unspecified atom stereocenters. The van der Waals surface area contributed by atoms with Crippen LogP contribution in [-0.4, -0.2) is 29.5 Å². The summed E-state index contributed by atoms with van der Waals surface area (Å²) in [5.74, 6) is 0. The van der Waals surface area contributed by atoms with E-state index in [-0.39, 0.29) is 0 Å². The van der Waals surface area contributed by atoms with Crippen molar-refractivity contribution in [2.45, 2.75) is 44.4 Å². The van der Waals surface area contributed by atoms with Crippen LogP contribution in [0.3, 0.4) is 0 Å². The summed E-state index contributed by atoms with van der Waals surface area (Å²) in [6.07, 6.45) is 6.93. The number of benzene rings is 2. The summed E-state index contributed by atoms with van der Waals surface area (Å²) >= 11 is 3.56. The van der Waals surface area contributed by atoms with Gasteiger partial charge in [0.05, 0.1) is 17.8 Å². The molecule has 3 aromatic rings. The van der Waals surface area contributed by atoms with Gasteiger partial charge in [-0.2, -0.15) is 5.10 Å². The van der Waals surface area contributed by atoms with Gasteiger partial charge in [0.1, 0.15) is 0 Å². The Bertz CT molecular complexity index is 910. The number of aromatic nitrogens is 2. The molecule has 0 saturated heterocycles.